The first-order valence-corrected chi connectivity index (χ1v) is 4.05. The van der Waals surface area contributed by atoms with E-state index >= 15 is 0 Å². The first-order chi connectivity index (χ1) is 5.57. The Bertz CT molecular complexity index is 150. The standard InChI is InChI=1S/C6H11ClO5/c7-1-2-3(8)4(9)5(10)6(11)12-2/h2-6,8-11H,1H2/t2-,3+,4+,5-,6+/m1/s1. The summed E-state index contributed by atoms with van der Waals surface area (Å²) in [6.45, 7) is 0. The molecule has 0 saturated carbocycles. The minimum atomic E-state index is -1.49. The van der Waals surface area contributed by atoms with Crippen LogP contribution in [-0.4, -0.2) is 57.0 Å². The van der Waals surface area contributed by atoms with Crippen LogP contribution in [0.15, 0.2) is 0 Å². The van der Waals surface area contributed by atoms with Crippen molar-refractivity contribution in [2.24, 2.45) is 0 Å². The van der Waals surface area contributed by atoms with E-state index < -0.39 is 30.7 Å². The van der Waals surface area contributed by atoms with Gasteiger partial charge in [0.2, 0.25) is 0 Å². The molecule has 72 valence electrons. The maximum absolute atomic E-state index is 9.20. The zero-order chi connectivity index (χ0) is 9.30. The summed E-state index contributed by atoms with van der Waals surface area (Å²) in [6.07, 6.45) is -6.51. The van der Waals surface area contributed by atoms with Gasteiger partial charge in [0.15, 0.2) is 6.29 Å². The van der Waals surface area contributed by atoms with E-state index in [1.807, 2.05) is 0 Å². The van der Waals surface area contributed by atoms with Gasteiger partial charge in [0, 0.05) is 0 Å². The van der Waals surface area contributed by atoms with Crippen molar-refractivity contribution in [1.82, 2.24) is 0 Å². The Kier molecular flexibility index (Phi) is 3.28. The van der Waals surface area contributed by atoms with Crippen molar-refractivity contribution < 1.29 is 25.2 Å². The number of hydrogen-bond acceptors (Lipinski definition) is 5. The molecule has 0 aromatic heterocycles. The zero-order valence-electron chi connectivity index (χ0n) is 6.17. The molecule has 0 amide bonds. The average Bonchev–Trinajstić information content (AvgIpc) is 2.08. The highest BCUT2D eigenvalue weighted by Gasteiger charge is 2.42. The first kappa shape index (κ1) is 10.2. The van der Waals surface area contributed by atoms with Gasteiger partial charge in [0.1, 0.15) is 24.4 Å². The van der Waals surface area contributed by atoms with Gasteiger partial charge in [-0.25, -0.2) is 0 Å². The monoisotopic (exact) mass is 198 g/mol. The quantitative estimate of drug-likeness (QED) is 0.367. The topological polar surface area (TPSA) is 90.2 Å². The van der Waals surface area contributed by atoms with Gasteiger partial charge >= 0.3 is 0 Å². The lowest BCUT2D eigenvalue weighted by atomic mass is 10.0. The van der Waals surface area contributed by atoms with Crippen LogP contribution in [0, 0.1) is 0 Å². The molecule has 1 aliphatic rings. The number of alkyl halides is 1. The fourth-order valence-corrected chi connectivity index (χ4v) is 1.31. The van der Waals surface area contributed by atoms with Crippen LogP contribution in [0.1, 0.15) is 0 Å². The summed E-state index contributed by atoms with van der Waals surface area (Å²) in [5.74, 6) is -0.0536. The summed E-state index contributed by atoms with van der Waals surface area (Å²) >= 11 is 5.36. The van der Waals surface area contributed by atoms with E-state index in [1.165, 1.54) is 0 Å². The van der Waals surface area contributed by atoms with Crippen molar-refractivity contribution in [3.63, 3.8) is 0 Å². The lowest BCUT2D eigenvalue weighted by Gasteiger charge is -2.37. The molecule has 0 spiro atoms. The first-order valence-electron chi connectivity index (χ1n) is 3.51. The molecule has 6 heteroatoms. The van der Waals surface area contributed by atoms with Crippen molar-refractivity contribution in [3.05, 3.63) is 0 Å². The third-order valence-electron chi connectivity index (χ3n) is 1.84. The van der Waals surface area contributed by atoms with Gasteiger partial charge in [-0.1, -0.05) is 0 Å². The Morgan fingerprint density at radius 1 is 1.00 bits per heavy atom. The predicted molar refractivity (Wildman–Crippen MR) is 39.6 cm³/mol. The molecule has 1 rings (SSSR count). The summed E-state index contributed by atoms with van der Waals surface area (Å²) in [4.78, 5) is 0. The van der Waals surface area contributed by atoms with Crippen LogP contribution in [-0.2, 0) is 4.74 Å². The van der Waals surface area contributed by atoms with Gasteiger partial charge in [-0.3, -0.25) is 0 Å². The van der Waals surface area contributed by atoms with E-state index in [-0.39, 0.29) is 5.88 Å². The molecule has 0 unspecified atom stereocenters. The van der Waals surface area contributed by atoms with Crippen LogP contribution >= 0.6 is 11.6 Å². The molecule has 12 heavy (non-hydrogen) atoms. The Hall–Kier alpha value is 0.0900. The number of hydrogen-bond donors (Lipinski definition) is 4. The molecule has 0 aromatic carbocycles. The van der Waals surface area contributed by atoms with Gasteiger partial charge in [0.05, 0.1) is 5.88 Å². The number of aliphatic hydroxyl groups is 4. The Morgan fingerprint density at radius 2 is 1.58 bits per heavy atom. The molecular weight excluding hydrogens is 188 g/mol. The van der Waals surface area contributed by atoms with Crippen molar-refractivity contribution in [1.29, 1.82) is 0 Å². The minimum absolute atomic E-state index is 0.0536. The highest BCUT2D eigenvalue weighted by molar-refractivity contribution is 6.18. The third kappa shape index (κ3) is 1.71. The molecular formula is C6H11ClO5. The van der Waals surface area contributed by atoms with Crippen LogP contribution < -0.4 is 0 Å². The fourth-order valence-electron chi connectivity index (χ4n) is 1.06. The molecule has 5 atom stereocenters. The van der Waals surface area contributed by atoms with Gasteiger partial charge in [-0.15, -0.1) is 11.6 Å². The second kappa shape index (κ2) is 3.87. The highest BCUT2D eigenvalue weighted by atomic mass is 35.5. The van der Waals surface area contributed by atoms with E-state index in [0.717, 1.165) is 0 Å². The maximum atomic E-state index is 9.20. The van der Waals surface area contributed by atoms with Crippen LogP contribution in [0.5, 0.6) is 0 Å². The molecule has 5 nitrogen and oxygen atoms in total. The van der Waals surface area contributed by atoms with E-state index in [1.54, 1.807) is 0 Å². The molecule has 1 aliphatic heterocycles. The third-order valence-corrected chi connectivity index (χ3v) is 2.14. The van der Waals surface area contributed by atoms with Crippen LogP contribution in [0.4, 0.5) is 0 Å². The Balaban J connectivity index is 2.63. The summed E-state index contributed by atoms with van der Waals surface area (Å²) in [7, 11) is 0. The van der Waals surface area contributed by atoms with Crippen molar-refractivity contribution in [2.75, 3.05) is 5.88 Å². The molecule has 4 N–H and O–H groups in total. The smallest absolute Gasteiger partial charge is 0.184 e. The van der Waals surface area contributed by atoms with E-state index in [2.05, 4.69) is 0 Å². The number of aliphatic hydroxyl groups excluding tert-OH is 4. The average molecular weight is 199 g/mol. The Labute approximate surface area is 74.2 Å². The second-order valence-corrected chi connectivity index (χ2v) is 3.00. The lowest BCUT2D eigenvalue weighted by molar-refractivity contribution is -0.276. The van der Waals surface area contributed by atoms with Crippen molar-refractivity contribution in [3.8, 4) is 0 Å². The molecule has 0 aliphatic carbocycles. The summed E-state index contributed by atoms with van der Waals surface area (Å²) < 4.78 is 4.69. The van der Waals surface area contributed by atoms with Gasteiger partial charge in [-0.05, 0) is 0 Å². The van der Waals surface area contributed by atoms with Crippen LogP contribution in [0.25, 0.3) is 0 Å². The predicted octanol–water partition coefficient (Wildman–Crippen LogP) is -1.97. The van der Waals surface area contributed by atoms with Gasteiger partial charge < -0.3 is 25.2 Å². The normalized spacial score (nSPS) is 49.2. The number of halogens is 1. The molecule has 1 heterocycles. The van der Waals surface area contributed by atoms with Crippen molar-refractivity contribution >= 4 is 11.6 Å². The minimum Gasteiger partial charge on any atom is -0.388 e. The summed E-state index contributed by atoms with van der Waals surface area (Å²) in [5, 5.41) is 36.3. The molecule has 1 saturated heterocycles. The fraction of sp³-hybridized carbons (Fsp3) is 1.00. The van der Waals surface area contributed by atoms with Crippen LogP contribution in [0.2, 0.25) is 0 Å². The van der Waals surface area contributed by atoms with Gasteiger partial charge in [-0.2, -0.15) is 0 Å². The Morgan fingerprint density at radius 3 is 2.08 bits per heavy atom. The highest BCUT2D eigenvalue weighted by Crippen LogP contribution is 2.20. The zero-order valence-corrected chi connectivity index (χ0v) is 6.92. The van der Waals surface area contributed by atoms with Crippen molar-refractivity contribution in [2.45, 2.75) is 30.7 Å². The van der Waals surface area contributed by atoms with Crippen LogP contribution in [0.3, 0.4) is 0 Å². The largest absolute Gasteiger partial charge is 0.388 e. The van der Waals surface area contributed by atoms with E-state index in [0.29, 0.717) is 0 Å². The summed E-state index contributed by atoms with van der Waals surface area (Å²) in [6, 6.07) is 0. The van der Waals surface area contributed by atoms with Gasteiger partial charge in [0.25, 0.3) is 0 Å². The molecule has 0 radical (unpaired) electrons. The second-order valence-electron chi connectivity index (χ2n) is 2.69. The number of rotatable bonds is 1. The van der Waals surface area contributed by atoms with E-state index in [9.17, 15) is 5.11 Å². The van der Waals surface area contributed by atoms with E-state index in [4.69, 9.17) is 31.7 Å². The summed E-state index contributed by atoms with van der Waals surface area (Å²) in [5.41, 5.74) is 0. The maximum Gasteiger partial charge on any atom is 0.184 e. The molecule has 0 bridgehead atoms. The molecule has 1 fully saturated rings. The SMILES string of the molecule is O[C@@H]1[C@@H](O)[C@@H](O)O[C@H](CCl)[C@@H]1O. The number of ether oxygens (including phenoxy) is 1. The molecule has 0 aromatic rings. The lowest BCUT2D eigenvalue weighted by Crippen LogP contribution is -2.57.